The summed E-state index contributed by atoms with van der Waals surface area (Å²) in [7, 11) is 0. The first kappa shape index (κ1) is 14.7. The van der Waals surface area contributed by atoms with Gasteiger partial charge in [0.1, 0.15) is 12.0 Å². The summed E-state index contributed by atoms with van der Waals surface area (Å²) in [6.07, 6.45) is 1.57. The second-order valence-electron chi connectivity index (χ2n) is 5.80. The number of hydrazine groups is 1. The van der Waals surface area contributed by atoms with Gasteiger partial charge >= 0.3 is 0 Å². The first-order valence-corrected chi connectivity index (χ1v) is 8.07. The molecule has 0 bridgehead atoms. The number of aromatic nitrogens is 1. The average molecular weight is 336 g/mol. The number of amides is 1. The number of rotatable bonds is 1. The van der Waals surface area contributed by atoms with Crippen LogP contribution in [0.1, 0.15) is 0 Å². The molecule has 122 valence electrons. The molecule has 1 aromatic rings. The van der Waals surface area contributed by atoms with Crippen LogP contribution in [0.4, 0.5) is 5.82 Å². The summed E-state index contributed by atoms with van der Waals surface area (Å²) in [6.45, 7) is 3.70. The number of halogens is 1. The quantitative estimate of drug-likeness (QED) is 0.635. The van der Waals surface area contributed by atoms with Crippen LogP contribution in [-0.2, 0) is 4.79 Å². The number of nitrogens with zero attached hydrogens (tertiary/aromatic N) is 4. The summed E-state index contributed by atoms with van der Waals surface area (Å²) in [6, 6.07) is 3.67. The van der Waals surface area contributed by atoms with Crippen LogP contribution in [0.25, 0.3) is 0 Å². The van der Waals surface area contributed by atoms with Crippen molar-refractivity contribution in [2.24, 2.45) is 10.9 Å². The minimum atomic E-state index is -0.179. The number of guanidine groups is 1. The molecule has 0 spiro atoms. The van der Waals surface area contributed by atoms with Gasteiger partial charge in [-0.1, -0.05) is 11.6 Å². The van der Waals surface area contributed by atoms with Crippen molar-refractivity contribution in [3.63, 3.8) is 0 Å². The zero-order chi connectivity index (χ0) is 15.8. The van der Waals surface area contributed by atoms with Gasteiger partial charge in [0.2, 0.25) is 11.9 Å². The van der Waals surface area contributed by atoms with Crippen LogP contribution in [0.5, 0.6) is 0 Å². The highest BCUT2D eigenvalue weighted by Gasteiger charge is 2.38. The first-order chi connectivity index (χ1) is 11.2. The van der Waals surface area contributed by atoms with Gasteiger partial charge in [-0.3, -0.25) is 15.5 Å². The molecule has 1 amide bonds. The van der Waals surface area contributed by atoms with E-state index in [-0.39, 0.29) is 18.0 Å². The van der Waals surface area contributed by atoms with E-state index in [1.807, 2.05) is 12.1 Å². The van der Waals surface area contributed by atoms with Crippen molar-refractivity contribution < 1.29 is 4.79 Å². The van der Waals surface area contributed by atoms with E-state index in [4.69, 9.17) is 11.6 Å². The Balaban J connectivity index is 1.44. The van der Waals surface area contributed by atoms with Crippen LogP contribution in [-0.4, -0.2) is 60.6 Å². The molecule has 8 nitrogen and oxygen atoms in total. The second-order valence-corrected chi connectivity index (χ2v) is 6.21. The number of pyridine rings is 1. The predicted octanol–water partition coefficient (Wildman–Crippen LogP) is -0.607. The number of nitrogens with one attached hydrogen (secondary N) is 3. The molecule has 1 aromatic heterocycles. The molecule has 2 saturated heterocycles. The van der Waals surface area contributed by atoms with Crippen molar-refractivity contribution in [2.75, 3.05) is 37.6 Å². The van der Waals surface area contributed by atoms with E-state index in [9.17, 15) is 4.79 Å². The summed E-state index contributed by atoms with van der Waals surface area (Å²) in [5.41, 5.74) is 6.02. The van der Waals surface area contributed by atoms with Crippen LogP contribution < -0.4 is 21.1 Å². The molecule has 3 N–H and O–H groups in total. The number of carbonyl (C=O) groups excluding carboxylic acids is 1. The zero-order valence-corrected chi connectivity index (χ0v) is 13.3. The van der Waals surface area contributed by atoms with Crippen LogP contribution in [0.15, 0.2) is 23.3 Å². The number of hydrogen-bond acceptors (Lipinski definition) is 7. The summed E-state index contributed by atoms with van der Waals surface area (Å²) < 4.78 is 0. The van der Waals surface area contributed by atoms with Gasteiger partial charge in [0, 0.05) is 38.9 Å². The van der Waals surface area contributed by atoms with Crippen LogP contribution in [0, 0.1) is 5.92 Å². The topological polar surface area (TPSA) is 84.9 Å². The molecule has 2 atom stereocenters. The number of piperazine rings is 1. The van der Waals surface area contributed by atoms with Gasteiger partial charge in [0.25, 0.3) is 0 Å². The van der Waals surface area contributed by atoms with Gasteiger partial charge in [-0.15, -0.1) is 0 Å². The van der Waals surface area contributed by atoms with Crippen LogP contribution in [0.3, 0.4) is 0 Å². The number of fused-ring (bicyclic) bond motifs is 1. The lowest BCUT2D eigenvalue weighted by Crippen LogP contribution is -2.58. The average Bonchev–Trinajstić information content (AvgIpc) is 3.05. The Morgan fingerprint density at radius 1 is 1.22 bits per heavy atom. The highest BCUT2D eigenvalue weighted by atomic mass is 35.5. The molecule has 4 heterocycles. The fraction of sp³-hybridized carbons (Fsp3) is 0.500. The lowest BCUT2D eigenvalue weighted by atomic mass is 10.1. The number of hydrogen-bond donors (Lipinski definition) is 3. The minimum absolute atomic E-state index is 0.0210. The van der Waals surface area contributed by atoms with E-state index in [2.05, 4.69) is 35.9 Å². The highest BCUT2D eigenvalue weighted by molar-refractivity contribution is 6.32. The molecule has 2 fully saturated rings. The monoisotopic (exact) mass is 335 g/mol. The van der Waals surface area contributed by atoms with E-state index < -0.39 is 0 Å². The van der Waals surface area contributed by atoms with Gasteiger partial charge in [-0.25, -0.2) is 15.4 Å². The van der Waals surface area contributed by atoms with Gasteiger partial charge < -0.3 is 9.80 Å². The van der Waals surface area contributed by atoms with E-state index in [0.29, 0.717) is 17.5 Å². The molecule has 23 heavy (non-hydrogen) atoms. The van der Waals surface area contributed by atoms with Crippen molar-refractivity contribution in [3.8, 4) is 0 Å². The van der Waals surface area contributed by atoms with E-state index in [1.165, 1.54) is 0 Å². The Morgan fingerprint density at radius 3 is 2.78 bits per heavy atom. The fourth-order valence-corrected chi connectivity index (χ4v) is 3.35. The van der Waals surface area contributed by atoms with Gasteiger partial charge in [0.05, 0.1) is 10.9 Å². The van der Waals surface area contributed by atoms with Crippen LogP contribution in [0.2, 0.25) is 5.02 Å². The van der Waals surface area contributed by atoms with Crippen molar-refractivity contribution in [1.82, 2.24) is 26.1 Å². The summed E-state index contributed by atoms with van der Waals surface area (Å²) >= 11 is 6.21. The smallest absolute Gasteiger partial charge is 0.234 e. The van der Waals surface area contributed by atoms with Gasteiger partial charge in [-0.05, 0) is 12.1 Å². The molecular formula is C14H18ClN7O. The van der Waals surface area contributed by atoms with Crippen LogP contribution >= 0.6 is 11.6 Å². The summed E-state index contributed by atoms with van der Waals surface area (Å²) in [4.78, 5) is 25.3. The number of aliphatic imine (C=N–C) groups is 1. The van der Waals surface area contributed by atoms with Crippen molar-refractivity contribution in [1.29, 1.82) is 0 Å². The van der Waals surface area contributed by atoms with Gasteiger partial charge in [-0.2, -0.15) is 0 Å². The SMILES string of the molecule is O=C1NC(N2CCN(c3ncccc3Cl)CC2)=NC2NNCC12. The zero-order valence-electron chi connectivity index (χ0n) is 12.5. The maximum absolute atomic E-state index is 12.1. The molecule has 0 radical (unpaired) electrons. The third-order valence-corrected chi connectivity index (χ3v) is 4.70. The lowest BCUT2D eigenvalue weighted by Gasteiger charge is -2.38. The summed E-state index contributed by atoms with van der Waals surface area (Å²) in [5, 5.41) is 3.58. The van der Waals surface area contributed by atoms with Crippen molar-refractivity contribution in [3.05, 3.63) is 23.4 Å². The standard InChI is InChI=1S/C14H18ClN7O/c15-10-2-1-3-16-12(10)21-4-6-22(7-5-21)14-18-11-9(8-17-20-11)13(23)19-14/h1-3,9,11,17,20H,4-8H2,(H,18,19,23). The third kappa shape index (κ3) is 2.73. The number of carbonyl (C=O) groups is 1. The van der Waals surface area contributed by atoms with Crippen molar-refractivity contribution in [2.45, 2.75) is 6.17 Å². The molecule has 0 aromatic carbocycles. The maximum atomic E-state index is 12.1. The molecule has 2 unspecified atom stereocenters. The molecule has 9 heteroatoms. The molecule has 3 aliphatic heterocycles. The molecule has 0 saturated carbocycles. The normalized spacial score (nSPS) is 27.5. The number of anilines is 1. The van der Waals surface area contributed by atoms with Crippen molar-refractivity contribution >= 4 is 29.3 Å². The maximum Gasteiger partial charge on any atom is 0.234 e. The molecular weight excluding hydrogens is 318 g/mol. The largest absolute Gasteiger partial charge is 0.352 e. The van der Waals surface area contributed by atoms with E-state index >= 15 is 0 Å². The predicted molar refractivity (Wildman–Crippen MR) is 87.0 cm³/mol. The molecule has 0 aliphatic carbocycles. The summed E-state index contributed by atoms with van der Waals surface area (Å²) in [5.74, 6) is 1.35. The highest BCUT2D eigenvalue weighted by Crippen LogP contribution is 2.23. The minimum Gasteiger partial charge on any atom is -0.352 e. The second kappa shape index (κ2) is 5.95. The Kier molecular flexibility index (Phi) is 3.80. The van der Waals surface area contributed by atoms with E-state index in [1.54, 1.807) is 6.20 Å². The Hall–Kier alpha value is -1.90. The lowest BCUT2D eigenvalue weighted by molar-refractivity contribution is -0.124. The van der Waals surface area contributed by atoms with Gasteiger partial charge in [0.15, 0.2) is 0 Å². The first-order valence-electron chi connectivity index (χ1n) is 7.70. The molecule has 3 aliphatic rings. The molecule has 4 rings (SSSR count). The Morgan fingerprint density at radius 2 is 2.00 bits per heavy atom. The Labute approximate surface area is 138 Å². The fourth-order valence-electron chi connectivity index (χ4n) is 3.11. The third-order valence-electron chi connectivity index (χ3n) is 4.40. The Bertz CT molecular complexity index is 644. The van der Waals surface area contributed by atoms with E-state index in [0.717, 1.165) is 32.0 Å².